The second-order valence-corrected chi connectivity index (χ2v) is 7.89. The van der Waals surface area contributed by atoms with Gasteiger partial charge < -0.3 is 24.3 Å². The molecule has 0 atom stereocenters. The molecule has 2 N–H and O–H groups in total. The lowest BCUT2D eigenvalue weighted by Crippen LogP contribution is -3.12. The number of furan rings is 1. The van der Waals surface area contributed by atoms with Crippen LogP contribution in [0.25, 0.3) is 11.0 Å². The number of methoxy groups -OCH3 is 1. The van der Waals surface area contributed by atoms with E-state index >= 15 is 0 Å². The van der Waals surface area contributed by atoms with E-state index in [1.54, 1.807) is 13.4 Å². The first-order valence-corrected chi connectivity index (χ1v) is 10.1. The van der Waals surface area contributed by atoms with Crippen molar-refractivity contribution in [3.63, 3.8) is 0 Å². The number of carbonyl (C=O) groups excluding carboxylic acids is 1. The molecule has 1 amide bonds. The van der Waals surface area contributed by atoms with Crippen LogP contribution in [0.3, 0.4) is 0 Å². The van der Waals surface area contributed by atoms with Gasteiger partial charge in [-0.25, -0.2) is 0 Å². The van der Waals surface area contributed by atoms with Gasteiger partial charge in [0.1, 0.15) is 11.3 Å². The summed E-state index contributed by atoms with van der Waals surface area (Å²) in [6, 6.07) is 11.3. The van der Waals surface area contributed by atoms with Gasteiger partial charge in [-0.3, -0.25) is 4.79 Å². The zero-order chi connectivity index (χ0) is 20.4. The Morgan fingerprint density at radius 3 is 2.79 bits per heavy atom. The molecule has 2 aromatic carbocycles. The zero-order valence-corrected chi connectivity index (χ0v) is 17.4. The van der Waals surface area contributed by atoms with Crippen LogP contribution in [0.4, 0.5) is 11.4 Å². The van der Waals surface area contributed by atoms with Gasteiger partial charge in [0.05, 0.1) is 64.4 Å². The van der Waals surface area contributed by atoms with Crippen molar-refractivity contribution in [3.8, 4) is 5.75 Å². The van der Waals surface area contributed by atoms with Crippen molar-refractivity contribution in [1.29, 1.82) is 0 Å². The normalized spacial score (nSPS) is 14.9. The molecule has 1 fully saturated rings. The average molecular weight is 415 g/mol. The summed E-state index contributed by atoms with van der Waals surface area (Å²) in [5, 5.41) is 4.56. The number of amides is 1. The third-order valence-electron chi connectivity index (χ3n) is 5.40. The number of rotatable bonds is 5. The van der Waals surface area contributed by atoms with Crippen LogP contribution in [0.15, 0.2) is 47.1 Å². The Balaban J connectivity index is 1.52. The number of carbonyl (C=O) groups is 1. The van der Waals surface area contributed by atoms with Crippen LogP contribution in [0.1, 0.15) is 5.56 Å². The van der Waals surface area contributed by atoms with Crippen LogP contribution >= 0.6 is 11.6 Å². The van der Waals surface area contributed by atoms with Gasteiger partial charge in [0.15, 0.2) is 0 Å². The second kappa shape index (κ2) is 8.35. The summed E-state index contributed by atoms with van der Waals surface area (Å²) in [6.45, 7) is 4.04. The predicted octanol–water partition coefficient (Wildman–Crippen LogP) is 2.61. The van der Waals surface area contributed by atoms with E-state index in [-0.39, 0.29) is 12.3 Å². The van der Waals surface area contributed by atoms with E-state index in [2.05, 4.69) is 17.3 Å². The van der Waals surface area contributed by atoms with Crippen molar-refractivity contribution >= 4 is 39.9 Å². The molecular weight excluding hydrogens is 390 g/mol. The first kappa shape index (κ1) is 19.6. The van der Waals surface area contributed by atoms with Crippen molar-refractivity contribution in [1.82, 2.24) is 0 Å². The molecule has 1 aromatic heterocycles. The number of hydrogen-bond donors (Lipinski definition) is 2. The minimum atomic E-state index is -0.105. The van der Waals surface area contributed by atoms with Crippen molar-refractivity contribution in [2.45, 2.75) is 6.42 Å². The summed E-state index contributed by atoms with van der Waals surface area (Å²) in [5.41, 5.74) is 3.30. The van der Waals surface area contributed by atoms with Gasteiger partial charge >= 0.3 is 0 Å². The summed E-state index contributed by atoms with van der Waals surface area (Å²) in [6.07, 6.45) is 1.85. The Bertz CT molecular complexity index is 1030. The van der Waals surface area contributed by atoms with Gasteiger partial charge in [-0.15, -0.1) is 0 Å². The maximum Gasteiger partial charge on any atom is 0.228 e. The first-order chi connectivity index (χ1) is 14.0. The van der Waals surface area contributed by atoms with Crippen molar-refractivity contribution in [2.24, 2.45) is 0 Å². The van der Waals surface area contributed by atoms with Crippen LogP contribution in [-0.4, -0.2) is 46.2 Å². The van der Waals surface area contributed by atoms with Crippen LogP contribution < -0.4 is 19.9 Å². The Morgan fingerprint density at radius 2 is 2.03 bits per heavy atom. The molecule has 0 saturated carbocycles. The lowest BCUT2D eigenvalue weighted by atomic mass is 10.1. The Hall–Kier alpha value is -2.70. The number of fused-ring (bicyclic) bond motifs is 1. The highest BCUT2D eigenvalue weighted by Crippen LogP contribution is 2.30. The summed E-state index contributed by atoms with van der Waals surface area (Å²) in [5.74, 6) is 0.618. The van der Waals surface area contributed by atoms with Crippen LogP contribution in [-0.2, 0) is 11.2 Å². The van der Waals surface area contributed by atoms with Gasteiger partial charge in [0, 0.05) is 22.0 Å². The maximum atomic E-state index is 12.8. The molecule has 0 bridgehead atoms. The zero-order valence-electron chi connectivity index (χ0n) is 16.6. The van der Waals surface area contributed by atoms with E-state index in [1.807, 2.05) is 36.4 Å². The summed E-state index contributed by atoms with van der Waals surface area (Å²) < 4.78 is 10.8. The Morgan fingerprint density at radius 1 is 1.24 bits per heavy atom. The molecule has 7 heteroatoms. The highest BCUT2D eigenvalue weighted by molar-refractivity contribution is 6.31. The van der Waals surface area contributed by atoms with E-state index in [4.69, 9.17) is 20.8 Å². The molecule has 1 aliphatic heterocycles. The number of likely N-dealkylation sites (N-methyl/N-ethyl adjacent to an activating group) is 1. The summed E-state index contributed by atoms with van der Waals surface area (Å²) >= 11 is 6.21. The molecule has 4 rings (SSSR count). The van der Waals surface area contributed by atoms with Crippen LogP contribution in [0.5, 0.6) is 5.75 Å². The molecule has 29 heavy (non-hydrogen) atoms. The van der Waals surface area contributed by atoms with E-state index in [0.29, 0.717) is 10.6 Å². The average Bonchev–Trinajstić information content (AvgIpc) is 3.10. The van der Waals surface area contributed by atoms with Crippen LogP contribution in [0.2, 0.25) is 5.02 Å². The maximum absolute atomic E-state index is 12.8. The number of nitrogens with one attached hydrogen (secondary N) is 2. The highest BCUT2D eigenvalue weighted by atomic mass is 35.5. The lowest BCUT2D eigenvalue weighted by Gasteiger charge is -2.33. The second-order valence-electron chi connectivity index (χ2n) is 7.45. The van der Waals surface area contributed by atoms with Gasteiger partial charge in [0.25, 0.3) is 0 Å². The monoisotopic (exact) mass is 414 g/mol. The fraction of sp³-hybridized carbons (Fsp3) is 0.318. The quantitative estimate of drug-likeness (QED) is 0.673. The first-order valence-electron chi connectivity index (χ1n) is 9.73. The minimum Gasteiger partial charge on any atom is -0.497 e. The number of anilines is 2. The Labute approximate surface area is 175 Å². The molecule has 1 saturated heterocycles. The SMILES string of the molecule is COc1ccc2c(CC(=O)Nc3cc(Cl)ccc3N3CC[NH+](C)CC3)coc2c1. The van der Waals surface area contributed by atoms with E-state index in [0.717, 1.165) is 54.3 Å². The molecule has 3 aromatic rings. The predicted molar refractivity (Wildman–Crippen MR) is 115 cm³/mol. The van der Waals surface area contributed by atoms with Gasteiger partial charge in [-0.05, 0) is 30.3 Å². The standard InChI is InChI=1S/C22H24ClN3O3/c1-25-7-9-26(10-8-25)20-6-3-16(23)12-19(20)24-22(27)11-15-14-29-21-13-17(28-2)4-5-18(15)21/h3-6,12-14H,7-11H2,1-2H3,(H,24,27)/p+1. The van der Waals surface area contributed by atoms with E-state index in [1.165, 1.54) is 4.90 Å². The number of nitrogens with zero attached hydrogens (tertiary/aromatic N) is 1. The smallest absolute Gasteiger partial charge is 0.228 e. The molecule has 152 valence electrons. The molecule has 0 unspecified atom stereocenters. The van der Waals surface area contributed by atoms with Crippen molar-refractivity contribution < 1.29 is 18.8 Å². The minimum absolute atomic E-state index is 0.105. The number of benzene rings is 2. The third kappa shape index (κ3) is 4.33. The molecule has 1 aliphatic rings. The van der Waals surface area contributed by atoms with Crippen LogP contribution in [0, 0.1) is 0 Å². The molecule has 0 aliphatic carbocycles. The van der Waals surface area contributed by atoms with Gasteiger partial charge in [0.2, 0.25) is 5.91 Å². The number of piperazine rings is 1. The number of halogens is 1. The fourth-order valence-corrected chi connectivity index (χ4v) is 3.88. The third-order valence-corrected chi connectivity index (χ3v) is 5.64. The molecular formula is C22H25ClN3O3+. The van der Waals surface area contributed by atoms with E-state index < -0.39 is 0 Å². The largest absolute Gasteiger partial charge is 0.497 e. The summed E-state index contributed by atoms with van der Waals surface area (Å²) in [4.78, 5) is 16.6. The van der Waals surface area contributed by atoms with Crippen molar-refractivity contribution in [2.75, 3.05) is 50.6 Å². The molecule has 0 spiro atoms. The topological polar surface area (TPSA) is 59.1 Å². The van der Waals surface area contributed by atoms with E-state index in [9.17, 15) is 4.79 Å². The molecule has 2 heterocycles. The molecule has 6 nitrogen and oxygen atoms in total. The number of hydrogen-bond acceptors (Lipinski definition) is 4. The lowest BCUT2D eigenvalue weighted by molar-refractivity contribution is -0.880. The number of quaternary nitrogens is 1. The van der Waals surface area contributed by atoms with Gasteiger partial charge in [-0.1, -0.05) is 11.6 Å². The highest BCUT2D eigenvalue weighted by Gasteiger charge is 2.21. The Kier molecular flexibility index (Phi) is 5.65. The summed E-state index contributed by atoms with van der Waals surface area (Å²) in [7, 11) is 3.81. The fourth-order valence-electron chi connectivity index (χ4n) is 3.71. The van der Waals surface area contributed by atoms with Crippen molar-refractivity contribution in [3.05, 3.63) is 53.2 Å². The molecule has 0 radical (unpaired) electrons. The van der Waals surface area contributed by atoms with Gasteiger partial charge in [-0.2, -0.15) is 0 Å². The number of ether oxygens (including phenoxy) is 1.